The summed E-state index contributed by atoms with van der Waals surface area (Å²) in [6, 6.07) is 25.0. The van der Waals surface area contributed by atoms with E-state index in [1.54, 1.807) is 60.0 Å². The summed E-state index contributed by atoms with van der Waals surface area (Å²) in [6.45, 7) is 13.5. The number of aryl methyl sites for hydroxylation is 1. The summed E-state index contributed by atoms with van der Waals surface area (Å²) < 4.78 is 5.44. The highest BCUT2D eigenvalue weighted by atomic mass is 32.2. The molecule has 0 spiro atoms. The highest BCUT2D eigenvalue weighted by Crippen LogP contribution is 2.32. The molecule has 0 aromatic heterocycles. The number of carbonyl (C=O) groups is 5. The maximum Gasteiger partial charge on any atom is 0.343 e. The lowest BCUT2D eigenvalue weighted by atomic mass is 10.0. The maximum absolute atomic E-state index is 12.5. The number of esters is 1. The predicted molar refractivity (Wildman–Crippen MR) is 181 cm³/mol. The summed E-state index contributed by atoms with van der Waals surface area (Å²) in [5, 5.41) is 0. The van der Waals surface area contributed by atoms with E-state index in [9.17, 15) is 24.0 Å². The number of benzene rings is 4. The van der Waals surface area contributed by atoms with Crippen molar-refractivity contribution in [3.63, 3.8) is 0 Å². The SMILES string of the molecule is C=CCN1C(=C)c2ccc(C(C)=O)cc2C1=O.CCN1C(=O)c2ccc(C(=O)Oc3ccc(Sc4ccc(C)cc4)cc3)cc2C1=O. The molecule has 9 heteroatoms. The molecule has 2 aliphatic heterocycles. The second-order valence-corrected chi connectivity index (χ2v) is 12.0. The Kier molecular flexibility index (Phi) is 9.67. The highest BCUT2D eigenvalue weighted by molar-refractivity contribution is 7.99. The Hall–Kier alpha value is -5.54. The van der Waals surface area contributed by atoms with Gasteiger partial charge in [-0.05, 0) is 81.4 Å². The Morgan fingerprint density at radius 2 is 1.28 bits per heavy atom. The number of amides is 3. The normalized spacial score (nSPS) is 13.2. The summed E-state index contributed by atoms with van der Waals surface area (Å²) >= 11 is 1.62. The maximum atomic E-state index is 12.5. The van der Waals surface area contributed by atoms with Gasteiger partial charge in [0.2, 0.25) is 0 Å². The topological polar surface area (TPSA) is 101 Å². The number of hydrogen-bond acceptors (Lipinski definition) is 7. The van der Waals surface area contributed by atoms with Crippen LogP contribution in [0, 0.1) is 6.92 Å². The van der Waals surface area contributed by atoms with Gasteiger partial charge in [-0.2, -0.15) is 0 Å². The van der Waals surface area contributed by atoms with Crippen LogP contribution in [0.2, 0.25) is 0 Å². The monoisotopic (exact) mass is 644 g/mol. The Labute approximate surface area is 277 Å². The molecule has 0 saturated heterocycles. The smallest absolute Gasteiger partial charge is 0.343 e. The van der Waals surface area contributed by atoms with Gasteiger partial charge in [0, 0.05) is 45.3 Å². The zero-order valence-corrected chi connectivity index (χ0v) is 27.1. The van der Waals surface area contributed by atoms with Crippen LogP contribution in [0.15, 0.2) is 114 Å². The lowest BCUT2D eigenvalue weighted by molar-refractivity contribution is 0.0661. The van der Waals surface area contributed by atoms with Crippen LogP contribution in [-0.4, -0.2) is 52.4 Å². The van der Waals surface area contributed by atoms with Crippen molar-refractivity contribution in [1.29, 1.82) is 0 Å². The van der Waals surface area contributed by atoms with Gasteiger partial charge in [-0.25, -0.2) is 4.79 Å². The predicted octanol–water partition coefficient (Wildman–Crippen LogP) is 7.48. The van der Waals surface area contributed by atoms with Gasteiger partial charge in [0.05, 0.1) is 16.7 Å². The molecule has 0 atom stereocenters. The zero-order valence-electron chi connectivity index (χ0n) is 26.2. The molecule has 0 aliphatic carbocycles. The minimum absolute atomic E-state index is 0.0478. The second kappa shape index (κ2) is 13.8. The number of Topliss-reactive ketones (excluding diaryl/α,β-unsaturated/α-hetero) is 1. The first-order chi connectivity index (χ1) is 22.5. The van der Waals surface area contributed by atoms with Crippen molar-refractivity contribution in [2.45, 2.75) is 30.6 Å². The Morgan fingerprint density at radius 1 is 0.745 bits per heavy atom. The van der Waals surface area contributed by atoms with Crippen LogP contribution in [-0.2, 0) is 0 Å². The third-order valence-corrected chi connectivity index (χ3v) is 8.68. The minimum atomic E-state index is -0.577. The van der Waals surface area contributed by atoms with Gasteiger partial charge in [0.15, 0.2) is 5.78 Å². The van der Waals surface area contributed by atoms with Gasteiger partial charge in [-0.15, -0.1) is 6.58 Å². The van der Waals surface area contributed by atoms with Crippen LogP contribution in [0.25, 0.3) is 5.70 Å². The van der Waals surface area contributed by atoms with Gasteiger partial charge in [-0.3, -0.25) is 24.1 Å². The van der Waals surface area contributed by atoms with Crippen molar-refractivity contribution in [3.05, 3.63) is 143 Å². The van der Waals surface area contributed by atoms with Crippen LogP contribution in [0.3, 0.4) is 0 Å². The lowest BCUT2D eigenvalue weighted by Gasteiger charge is -2.14. The fourth-order valence-corrected chi connectivity index (χ4v) is 5.93. The second-order valence-electron chi connectivity index (χ2n) is 10.9. The Morgan fingerprint density at radius 3 is 1.89 bits per heavy atom. The molecule has 0 unspecified atom stereocenters. The van der Waals surface area contributed by atoms with Crippen molar-refractivity contribution in [1.82, 2.24) is 9.80 Å². The highest BCUT2D eigenvalue weighted by Gasteiger charge is 2.35. The number of nitrogens with zero attached hydrogens (tertiary/aromatic N) is 2. The molecule has 0 saturated carbocycles. The molecule has 8 nitrogen and oxygen atoms in total. The van der Waals surface area contributed by atoms with Crippen molar-refractivity contribution >= 4 is 46.9 Å². The van der Waals surface area contributed by atoms with Gasteiger partial charge in [-0.1, -0.05) is 54.2 Å². The molecule has 0 fully saturated rings. The summed E-state index contributed by atoms with van der Waals surface area (Å²) in [5.74, 6) is -1.05. The summed E-state index contributed by atoms with van der Waals surface area (Å²) in [6.07, 6.45) is 1.65. The first-order valence-corrected chi connectivity index (χ1v) is 15.7. The average molecular weight is 645 g/mol. The van der Waals surface area contributed by atoms with E-state index in [1.165, 1.54) is 30.7 Å². The number of fused-ring (bicyclic) bond motifs is 2. The summed E-state index contributed by atoms with van der Waals surface area (Å²) in [4.78, 5) is 65.3. The minimum Gasteiger partial charge on any atom is -0.423 e. The van der Waals surface area contributed by atoms with Crippen LogP contribution in [0.4, 0.5) is 0 Å². The standard InChI is InChI=1S/C24H19NO4S.C14H13NO2/c1-3-25-22(26)20-13-6-16(14-21(20)23(25)27)24(28)29-17-7-11-19(12-8-17)30-18-9-4-15(2)5-10-18;1-4-7-15-9(2)12-6-5-11(10(3)16)8-13(12)14(15)17/h4-14H,3H2,1-2H3;4-6,8H,1-2,7H2,3H3. The van der Waals surface area contributed by atoms with E-state index in [4.69, 9.17) is 4.74 Å². The van der Waals surface area contributed by atoms with E-state index in [0.29, 0.717) is 41.2 Å². The summed E-state index contributed by atoms with van der Waals surface area (Å²) in [5.41, 5.74) is 4.54. The average Bonchev–Trinajstić information content (AvgIpc) is 3.46. The molecule has 2 heterocycles. The van der Waals surface area contributed by atoms with Crippen molar-refractivity contribution in [2.24, 2.45) is 0 Å². The first kappa shape index (κ1) is 32.8. The van der Waals surface area contributed by atoms with Gasteiger partial charge >= 0.3 is 5.97 Å². The molecular weight excluding hydrogens is 612 g/mol. The lowest BCUT2D eigenvalue weighted by Crippen LogP contribution is -2.29. The molecule has 2 aliphatic rings. The van der Waals surface area contributed by atoms with E-state index < -0.39 is 5.97 Å². The number of rotatable bonds is 8. The van der Waals surface area contributed by atoms with E-state index >= 15 is 0 Å². The van der Waals surface area contributed by atoms with E-state index in [2.05, 4.69) is 37.4 Å². The number of carbonyl (C=O) groups excluding carboxylic acids is 5. The van der Waals surface area contributed by atoms with Gasteiger partial charge < -0.3 is 9.64 Å². The third-order valence-electron chi connectivity index (χ3n) is 7.66. The largest absolute Gasteiger partial charge is 0.423 e. The molecule has 236 valence electrons. The van der Waals surface area contributed by atoms with Crippen molar-refractivity contribution in [2.75, 3.05) is 13.1 Å². The molecule has 3 amide bonds. The van der Waals surface area contributed by atoms with Crippen LogP contribution in [0.5, 0.6) is 5.75 Å². The summed E-state index contributed by atoms with van der Waals surface area (Å²) in [7, 11) is 0. The van der Waals surface area contributed by atoms with E-state index in [0.717, 1.165) is 20.3 Å². The van der Waals surface area contributed by atoms with Crippen molar-refractivity contribution < 1.29 is 28.7 Å². The van der Waals surface area contributed by atoms with E-state index in [-0.39, 0.29) is 34.6 Å². The van der Waals surface area contributed by atoms with Crippen LogP contribution >= 0.6 is 11.8 Å². The molecule has 0 radical (unpaired) electrons. The number of hydrogen-bond donors (Lipinski definition) is 0. The van der Waals surface area contributed by atoms with Gasteiger partial charge in [0.1, 0.15) is 5.75 Å². The molecule has 4 aromatic rings. The quantitative estimate of drug-likeness (QED) is 0.0644. The number of ether oxygens (including phenoxy) is 1. The molecule has 4 aromatic carbocycles. The van der Waals surface area contributed by atoms with Crippen molar-refractivity contribution in [3.8, 4) is 5.75 Å². The molecule has 0 bridgehead atoms. The van der Waals surface area contributed by atoms with Gasteiger partial charge in [0.25, 0.3) is 17.7 Å². The Balaban J connectivity index is 0.000000216. The number of imide groups is 1. The molecule has 6 rings (SSSR count). The van der Waals surface area contributed by atoms with E-state index in [1.807, 2.05) is 19.1 Å². The molecule has 0 N–H and O–H groups in total. The zero-order chi connectivity index (χ0) is 33.8. The number of ketones is 1. The fourth-order valence-electron chi connectivity index (χ4n) is 5.12. The first-order valence-electron chi connectivity index (χ1n) is 14.9. The Bertz CT molecular complexity index is 1950. The van der Waals surface area contributed by atoms with Crippen LogP contribution in [0.1, 0.15) is 76.8 Å². The molecular formula is C38H32N2O6S. The molecule has 47 heavy (non-hydrogen) atoms. The van der Waals surface area contributed by atoms with Crippen LogP contribution < -0.4 is 4.74 Å². The fraction of sp³-hybridized carbons (Fsp3) is 0.132. The third kappa shape index (κ3) is 6.85.